The Balaban J connectivity index is 3.41. The molecule has 0 unspecified atom stereocenters. The van der Waals surface area contributed by atoms with E-state index in [4.69, 9.17) is 16.9 Å². The minimum Gasteiger partial charge on any atom is -0.345 e. The molecule has 0 saturated carbocycles. The first-order valence-electron chi connectivity index (χ1n) is 3.60. The van der Waals surface area contributed by atoms with Crippen LogP contribution in [0.4, 0.5) is 8.78 Å². The topological polar surface area (TPSA) is 56.6 Å². The zero-order chi connectivity index (χ0) is 10.7. The molecule has 74 valence electrons. The van der Waals surface area contributed by atoms with E-state index >= 15 is 0 Å². The van der Waals surface area contributed by atoms with E-state index in [1.54, 1.807) is 6.07 Å². The van der Waals surface area contributed by atoms with Crippen LogP contribution in [0.15, 0.2) is 10.9 Å². The molecule has 0 aliphatic rings. The first-order valence-corrected chi connectivity index (χ1v) is 4.14. The normalized spacial score (nSPS) is 10.2. The van der Waals surface area contributed by atoms with Crippen LogP contribution < -0.4 is 5.43 Å². The summed E-state index contributed by atoms with van der Waals surface area (Å²) in [5.41, 5.74) is -1.41. The summed E-state index contributed by atoms with van der Waals surface area (Å²) < 4.78 is 24.4. The number of aromatic nitrogens is 1. The molecule has 3 nitrogen and oxygen atoms in total. The highest BCUT2D eigenvalue weighted by Crippen LogP contribution is 2.16. The van der Waals surface area contributed by atoms with Crippen molar-refractivity contribution in [2.75, 3.05) is 0 Å². The van der Waals surface area contributed by atoms with E-state index in [1.807, 2.05) is 0 Å². The van der Waals surface area contributed by atoms with Gasteiger partial charge in [0.1, 0.15) is 11.8 Å². The molecule has 1 N–H and O–H groups in total. The highest BCUT2D eigenvalue weighted by Gasteiger charge is 2.13. The molecular weight excluding hydrogens is 214 g/mol. The molecule has 0 aromatic carbocycles. The Morgan fingerprint density at radius 1 is 1.64 bits per heavy atom. The predicted molar refractivity (Wildman–Crippen MR) is 46.3 cm³/mol. The second kappa shape index (κ2) is 4.20. The van der Waals surface area contributed by atoms with Crippen molar-refractivity contribution >= 4 is 11.6 Å². The van der Waals surface area contributed by atoms with Gasteiger partial charge in [0.05, 0.1) is 11.6 Å². The molecule has 0 atom stereocenters. The van der Waals surface area contributed by atoms with Crippen molar-refractivity contribution in [2.45, 2.75) is 12.3 Å². The summed E-state index contributed by atoms with van der Waals surface area (Å²) in [5.74, 6) is -0.179. The molecule has 0 aliphatic carbocycles. The quantitative estimate of drug-likeness (QED) is 0.771. The average Bonchev–Trinajstić information content (AvgIpc) is 2.16. The van der Waals surface area contributed by atoms with Crippen LogP contribution in [-0.2, 0) is 5.88 Å². The number of nitriles is 1. The lowest BCUT2D eigenvalue weighted by atomic mass is 10.2. The molecule has 0 spiro atoms. The fourth-order valence-corrected chi connectivity index (χ4v) is 1.22. The Hall–Kier alpha value is -1.41. The van der Waals surface area contributed by atoms with Crippen LogP contribution in [0.1, 0.15) is 23.4 Å². The summed E-state index contributed by atoms with van der Waals surface area (Å²) in [6.45, 7) is 0. The Labute approximate surface area is 82.9 Å². The number of aromatic amines is 1. The van der Waals surface area contributed by atoms with Gasteiger partial charge in [-0.1, -0.05) is 0 Å². The lowest BCUT2D eigenvalue weighted by Crippen LogP contribution is -2.13. The third-order valence-electron chi connectivity index (χ3n) is 1.64. The van der Waals surface area contributed by atoms with Crippen molar-refractivity contribution < 1.29 is 8.78 Å². The highest BCUT2D eigenvalue weighted by atomic mass is 35.5. The van der Waals surface area contributed by atoms with E-state index in [2.05, 4.69) is 4.98 Å². The van der Waals surface area contributed by atoms with Gasteiger partial charge < -0.3 is 4.98 Å². The Bertz CT molecular complexity index is 436. The van der Waals surface area contributed by atoms with Gasteiger partial charge in [0.2, 0.25) is 0 Å². The molecule has 0 radical (unpaired) electrons. The lowest BCUT2D eigenvalue weighted by molar-refractivity contribution is 0.146. The standard InChI is InChI=1S/C8H5ClF2N2O/c9-2-4-6(3-12)13-5(8(10)11)1-7(4)14/h1,8H,2H2,(H,13,14). The molecule has 0 aliphatic heterocycles. The van der Waals surface area contributed by atoms with Crippen molar-refractivity contribution in [1.82, 2.24) is 4.98 Å². The largest absolute Gasteiger partial charge is 0.345 e. The molecule has 0 amide bonds. The summed E-state index contributed by atoms with van der Waals surface area (Å²) in [6.07, 6.45) is -2.81. The highest BCUT2D eigenvalue weighted by molar-refractivity contribution is 6.17. The second-order valence-corrected chi connectivity index (χ2v) is 2.76. The monoisotopic (exact) mass is 218 g/mol. The van der Waals surface area contributed by atoms with Crippen LogP contribution in [0.2, 0.25) is 0 Å². The zero-order valence-electron chi connectivity index (χ0n) is 6.85. The molecule has 1 aromatic heterocycles. The molecule has 0 fully saturated rings. The predicted octanol–water partition coefficient (Wildman–Crippen LogP) is 1.92. The number of hydrogen-bond acceptors (Lipinski definition) is 2. The maximum absolute atomic E-state index is 12.2. The van der Waals surface area contributed by atoms with Gasteiger partial charge in [-0.3, -0.25) is 4.79 Å². The first kappa shape index (κ1) is 10.7. The Morgan fingerprint density at radius 2 is 2.29 bits per heavy atom. The van der Waals surface area contributed by atoms with Gasteiger partial charge in [0, 0.05) is 11.6 Å². The SMILES string of the molecule is N#Cc1[nH]c(C(F)F)cc(=O)c1CCl. The third-order valence-corrected chi connectivity index (χ3v) is 1.90. The van der Waals surface area contributed by atoms with E-state index in [0.29, 0.717) is 0 Å². The van der Waals surface area contributed by atoms with Gasteiger partial charge in [-0.05, 0) is 0 Å². The molecular formula is C8H5ClF2N2O. The van der Waals surface area contributed by atoms with Crippen molar-refractivity contribution in [3.05, 3.63) is 33.2 Å². The number of H-pyrrole nitrogens is 1. The summed E-state index contributed by atoms with van der Waals surface area (Å²) in [4.78, 5) is 13.3. The summed E-state index contributed by atoms with van der Waals surface area (Å²) in [6, 6.07) is 2.36. The third kappa shape index (κ3) is 1.91. The van der Waals surface area contributed by atoms with E-state index in [1.165, 1.54) is 0 Å². The van der Waals surface area contributed by atoms with Gasteiger partial charge in [-0.2, -0.15) is 5.26 Å². The Morgan fingerprint density at radius 3 is 2.71 bits per heavy atom. The maximum Gasteiger partial charge on any atom is 0.278 e. The second-order valence-electron chi connectivity index (χ2n) is 2.49. The van der Waals surface area contributed by atoms with Crippen molar-refractivity contribution in [3.8, 4) is 6.07 Å². The van der Waals surface area contributed by atoms with Crippen LogP contribution >= 0.6 is 11.6 Å². The van der Waals surface area contributed by atoms with Crippen molar-refractivity contribution in [1.29, 1.82) is 5.26 Å². The molecule has 0 saturated heterocycles. The molecule has 1 rings (SSSR count). The van der Waals surface area contributed by atoms with Crippen molar-refractivity contribution in [2.24, 2.45) is 0 Å². The van der Waals surface area contributed by atoms with E-state index in [9.17, 15) is 13.6 Å². The smallest absolute Gasteiger partial charge is 0.278 e. The zero-order valence-corrected chi connectivity index (χ0v) is 7.61. The molecule has 6 heteroatoms. The van der Waals surface area contributed by atoms with Gasteiger partial charge in [-0.15, -0.1) is 11.6 Å². The number of pyridine rings is 1. The fourth-order valence-electron chi connectivity index (χ4n) is 0.953. The van der Waals surface area contributed by atoms with Gasteiger partial charge in [0.15, 0.2) is 5.43 Å². The number of nitrogens with zero attached hydrogens (tertiary/aromatic N) is 1. The molecule has 1 aromatic rings. The summed E-state index contributed by atoms with van der Waals surface area (Å²) in [7, 11) is 0. The maximum atomic E-state index is 12.2. The summed E-state index contributed by atoms with van der Waals surface area (Å²) in [5, 5.41) is 8.56. The molecule has 1 heterocycles. The van der Waals surface area contributed by atoms with Crippen LogP contribution in [0.5, 0.6) is 0 Å². The average molecular weight is 219 g/mol. The lowest BCUT2D eigenvalue weighted by Gasteiger charge is -2.03. The number of nitrogens with one attached hydrogen (secondary N) is 1. The number of halogens is 3. The van der Waals surface area contributed by atoms with Gasteiger partial charge in [0.25, 0.3) is 6.43 Å². The van der Waals surface area contributed by atoms with Crippen LogP contribution in [0.25, 0.3) is 0 Å². The minimum atomic E-state index is -2.81. The number of alkyl halides is 3. The fraction of sp³-hybridized carbons (Fsp3) is 0.250. The molecule has 14 heavy (non-hydrogen) atoms. The number of hydrogen-bond donors (Lipinski definition) is 1. The van der Waals surface area contributed by atoms with Crippen LogP contribution in [-0.4, -0.2) is 4.98 Å². The van der Waals surface area contributed by atoms with Crippen molar-refractivity contribution in [3.63, 3.8) is 0 Å². The number of rotatable bonds is 2. The Kier molecular flexibility index (Phi) is 3.20. The minimum absolute atomic E-state index is 0.0126. The van der Waals surface area contributed by atoms with E-state index in [0.717, 1.165) is 6.07 Å². The van der Waals surface area contributed by atoms with Gasteiger partial charge >= 0.3 is 0 Å². The summed E-state index contributed by atoms with van der Waals surface area (Å²) >= 11 is 5.39. The van der Waals surface area contributed by atoms with Gasteiger partial charge in [-0.25, -0.2) is 8.78 Å². The first-order chi connectivity index (χ1) is 6.60. The van der Waals surface area contributed by atoms with Crippen LogP contribution in [0.3, 0.4) is 0 Å². The van der Waals surface area contributed by atoms with E-state index < -0.39 is 17.5 Å². The van der Waals surface area contributed by atoms with E-state index in [-0.39, 0.29) is 17.1 Å². The molecule has 0 bridgehead atoms. The van der Waals surface area contributed by atoms with Crippen LogP contribution in [0, 0.1) is 11.3 Å².